The molecule has 0 aromatic heterocycles. The molecule has 0 aliphatic heterocycles. The number of carbonyl (C=O) groups is 1. The summed E-state index contributed by atoms with van der Waals surface area (Å²) in [6, 6.07) is 16.0. The summed E-state index contributed by atoms with van der Waals surface area (Å²) in [6.45, 7) is 3.58. The van der Waals surface area contributed by atoms with Crippen LogP contribution in [0.3, 0.4) is 0 Å². The molecule has 0 aliphatic rings. The van der Waals surface area contributed by atoms with Crippen molar-refractivity contribution in [1.82, 2.24) is 4.72 Å². The van der Waals surface area contributed by atoms with E-state index < -0.39 is 22.0 Å². The number of ether oxygens (including phenoxy) is 1. The molecule has 5 nitrogen and oxygen atoms in total. The zero-order valence-corrected chi connectivity index (χ0v) is 13.8. The molecule has 0 unspecified atom stereocenters. The molecule has 2 aromatic carbocycles. The normalized spacial score (nSPS) is 12.6. The zero-order chi connectivity index (χ0) is 16.9. The molecule has 0 bridgehead atoms. The molecule has 1 amide bonds. The summed E-state index contributed by atoms with van der Waals surface area (Å²) in [7, 11) is -3.90. The topological polar surface area (TPSA) is 72.5 Å². The standard InChI is InChI=1S/C17H19NO4S/c1-3-22-13(2)17(19)18-23(20,21)16-11-9-15(10-12-16)14-7-5-4-6-8-14/h4-13H,3H2,1-2H3,(H,18,19)/t13-/m1/s1. The van der Waals surface area contributed by atoms with Gasteiger partial charge >= 0.3 is 0 Å². The molecule has 0 fully saturated rings. The molecule has 1 atom stereocenters. The maximum atomic E-state index is 12.2. The van der Waals surface area contributed by atoms with Crippen LogP contribution in [-0.4, -0.2) is 27.0 Å². The predicted molar refractivity (Wildman–Crippen MR) is 88.3 cm³/mol. The van der Waals surface area contributed by atoms with Gasteiger partial charge in [0, 0.05) is 6.61 Å². The van der Waals surface area contributed by atoms with Gasteiger partial charge in [-0.15, -0.1) is 0 Å². The lowest BCUT2D eigenvalue weighted by Crippen LogP contribution is -2.38. The maximum absolute atomic E-state index is 12.2. The monoisotopic (exact) mass is 333 g/mol. The van der Waals surface area contributed by atoms with E-state index in [-0.39, 0.29) is 4.90 Å². The van der Waals surface area contributed by atoms with Gasteiger partial charge < -0.3 is 4.74 Å². The predicted octanol–water partition coefficient (Wildman–Crippen LogP) is 2.58. The van der Waals surface area contributed by atoms with Gasteiger partial charge in [-0.3, -0.25) is 4.79 Å². The van der Waals surface area contributed by atoms with Crippen molar-refractivity contribution >= 4 is 15.9 Å². The fourth-order valence-corrected chi connectivity index (χ4v) is 3.10. The number of amides is 1. The lowest BCUT2D eigenvalue weighted by molar-refractivity contribution is -0.129. The van der Waals surface area contributed by atoms with Crippen LogP contribution in [0, 0.1) is 0 Å². The van der Waals surface area contributed by atoms with Gasteiger partial charge in [0.2, 0.25) is 0 Å². The molecule has 0 aliphatic carbocycles. The number of hydrogen-bond donors (Lipinski definition) is 1. The van der Waals surface area contributed by atoms with Crippen LogP contribution in [0.1, 0.15) is 13.8 Å². The van der Waals surface area contributed by atoms with Crippen LogP contribution >= 0.6 is 0 Å². The van der Waals surface area contributed by atoms with Gasteiger partial charge in [0.15, 0.2) is 0 Å². The van der Waals surface area contributed by atoms with Gasteiger partial charge in [-0.2, -0.15) is 0 Å². The van der Waals surface area contributed by atoms with Crippen LogP contribution in [0.25, 0.3) is 11.1 Å². The van der Waals surface area contributed by atoms with Gasteiger partial charge in [-0.1, -0.05) is 42.5 Å². The second kappa shape index (κ2) is 7.39. The number of carbonyl (C=O) groups excluding carboxylic acids is 1. The van der Waals surface area contributed by atoms with Crippen molar-refractivity contribution in [2.75, 3.05) is 6.61 Å². The highest BCUT2D eigenvalue weighted by molar-refractivity contribution is 7.90. The average Bonchev–Trinajstić information content (AvgIpc) is 2.55. The molecule has 122 valence electrons. The van der Waals surface area contributed by atoms with Crippen LogP contribution < -0.4 is 4.72 Å². The van der Waals surface area contributed by atoms with Crippen molar-refractivity contribution < 1.29 is 17.9 Å². The highest BCUT2D eigenvalue weighted by Gasteiger charge is 2.21. The van der Waals surface area contributed by atoms with Crippen molar-refractivity contribution in [2.45, 2.75) is 24.8 Å². The molecular weight excluding hydrogens is 314 g/mol. The molecule has 2 aromatic rings. The lowest BCUT2D eigenvalue weighted by Gasteiger charge is -2.12. The molecule has 0 saturated heterocycles. The number of benzene rings is 2. The van der Waals surface area contributed by atoms with Gasteiger partial charge in [0.05, 0.1) is 4.90 Å². The Kier molecular flexibility index (Phi) is 5.52. The number of sulfonamides is 1. The van der Waals surface area contributed by atoms with Gasteiger partial charge in [-0.25, -0.2) is 13.1 Å². The van der Waals surface area contributed by atoms with E-state index >= 15 is 0 Å². The second-order valence-electron chi connectivity index (χ2n) is 4.96. The van der Waals surface area contributed by atoms with Crippen LogP contribution in [0.5, 0.6) is 0 Å². The number of hydrogen-bond acceptors (Lipinski definition) is 4. The Morgan fingerprint density at radius 1 is 1.04 bits per heavy atom. The highest BCUT2D eigenvalue weighted by Crippen LogP contribution is 2.20. The quantitative estimate of drug-likeness (QED) is 0.882. The van der Waals surface area contributed by atoms with Gasteiger partial charge in [0.1, 0.15) is 6.10 Å². The van der Waals surface area contributed by atoms with E-state index in [1.807, 2.05) is 35.1 Å². The maximum Gasteiger partial charge on any atom is 0.264 e. The summed E-state index contributed by atoms with van der Waals surface area (Å²) in [6.07, 6.45) is -0.821. The van der Waals surface area contributed by atoms with Crippen LogP contribution in [0.2, 0.25) is 0 Å². The largest absolute Gasteiger partial charge is 0.369 e. The third-order valence-corrected chi connectivity index (χ3v) is 4.66. The van der Waals surface area contributed by atoms with Gasteiger partial charge in [-0.05, 0) is 37.1 Å². The van der Waals surface area contributed by atoms with Crippen molar-refractivity contribution in [2.24, 2.45) is 0 Å². The minimum absolute atomic E-state index is 0.0363. The molecule has 6 heteroatoms. The van der Waals surface area contributed by atoms with E-state index in [1.165, 1.54) is 19.1 Å². The summed E-state index contributed by atoms with van der Waals surface area (Å²) in [5.74, 6) is -0.681. The Hall–Kier alpha value is -2.18. The fourth-order valence-electron chi connectivity index (χ4n) is 2.06. The summed E-state index contributed by atoms with van der Waals surface area (Å²) >= 11 is 0. The summed E-state index contributed by atoms with van der Waals surface area (Å²) in [4.78, 5) is 11.8. The van der Waals surface area contributed by atoms with Crippen LogP contribution in [-0.2, 0) is 19.6 Å². The third kappa shape index (κ3) is 4.40. The van der Waals surface area contributed by atoms with E-state index in [0.29, 0.717) is 6.61 Å². The van der Waals surface area contributed by atoms with E-state index in [4.69, 9.17) is 4.74 Å². The van der Waals surface area contributed by atoms with Crippen LogP contribution in [0.4, 0.5) is 0 Å². The van der Waals surface area contributed by atoms with Crippen molar-refractivity contribution in [3.63, 3.8) is 0 Å². The van der Waals surface area contributed by atoms with E-state index in [0.717, 1.165) is 11.1 Å². The smallest absolute Gasteiger partial charge is 0.264 e. The first kappa shape index (κ1) is 17.2. The molecule has 2 rings (SSSR count). The Balaban J connectivity index is 2.16. The number of rotatable bonds is 6. The third-order valence-electron chi connectivity index (χ3n) is 3.29. The molecule has 0 saturated carbocycles. The molecule has 23 heavy (non-hydrogen) atoms. The SMILES string of the molecule is CCO[C@H](C)C(=O)NS(=O)(=O)c1ccc(-c2ccccc2)cc1. The number of nitrogens with one attached hydrogen (secondary N) is 1. The van der Waals surface area contributed by atoms with Gasteiger partial charge in [0.25, 0.3) is 15.9 Å². The van der Waals surface area contributed by atoms with Crippen LogP contribution in [0.15, 0.2) is 59.5 Å². The van der Waals surface area contributed by atoms with E-state index in [2.05, 4.69) is 0 Å². The fraction of sp³-hybridized carbons (Fsp3) is 0.235. The molecular formula is C17H19NO4S. The Labute approximate surface area is 136 Å². The molecule has 0 radical (unpaired) electrons. The highest BCUT2D eigenvalue weighted by atomic mass is 32.2. The van der Waals surface area contributed by atoms with Crippen molar-refractivity contribution in [3.8, 4) is 11.1 Å². The molecule has 0 spiro atoms. The Morgan fingerprint density at radius 2 is 1.61 bits per heavy atom. The summed E-state index contributed by atoms with van der Waals surface area (Å²) in [5.41, 5.74) is 1.89. The first-order valence-corrected chi connectivity index (χ1v) is 8.76. The van der Waals surface area contributed by atoms with E-state index in [9.17, 15) is 13.2 Å². The minimum atomic E-state index is -3.90. The average molecular weight is 333 g/mol. The van der Waals surface area contributed by atoms with E-state index in [1.54, 1.807) is 19.1 Å². The summed E-state index contributed by atoms with van der Waals surface area (Å²) in [5, 5.41) is 0. The van der Waals surface area contributed by atoms with Crippen molar-refractivity contribution in [1.29, 1.82) is 0 Å². The minimum Gasteiger partial charge on any atom is -0.369 e. The summed E-state index contributed by atoms with van der Waals surface area (Å²) < 4.78 is 31.5. The first-order chi connectivity index (χ1) is 10.9. The first-order valence-electron chi connectivity index (χ1n) is 7.28. The molecule has 0 heterocycles. The zero-order valence-electron chi connectivity index (χ0n) is 13.0. The molecule has 1 N–H and O–H groups in total. The lowest BCUT2D eigenvalue weighted by atomic mass is 10.1. The Morgan fingerprint density at radius 3 is 2.17 bits per heavy atom. The second-order valence-corrected chi connectivity index (χ2v) is 6.64. The Bertz CT molecular complexity index is 755. The van der Waals surface area contributed by atoms with Crippen molar-refractivity contribution in [3.05, 3.63) is 54.6 Å².